The molecule has 6 heteroatoms. The van der Waals surface area contributed by atoms with E-state index in [1.165, 1.54) is 4.70 Å². The van der Waals surface area contributed by atoms with E-state index >= 15 is 0 Å². The monoisotopic (exact) mass is 317 g/mol. The third-order valence-corrected chi connectivity index (χ3v) is 4.85. The fourth-order valence-electron chi connectivity index (χ4n) is 2.59. The van der Waals surface area contributed by atoms with E-state index in [2.05, 4.69) is 16.4 Å². The highest BCUT2D eigenvalue weighted by Gasteiger charge is 2.20. The molecule has 1 N–H and O–H groups in total. The molecule has 0 unspecified atom stereocenters. The fourth-order valence-corrected chi connectivity index (χ4v) is 3.56. The van der Waals surface area contributed by atoms with Crippen molar-refractivity contribution in [2.24, 2.45) is 0 Å². The van der Waals surface area contributed by atoms with Crippen LogP contribution in [0.2, 0.25) is 0 Å². The van der Waals surface area contributed by atoms with E-state index in [1.807, 2.05) is 18.2 Å². The molecule has 0 saturated carbocycles. The molecule has 1 fully saturated rings. The van der Waals surface area contributed by atoms with E-state index in [9.17, 15) is 9.59 Å². The maximum atomic E-state index is 11.9. The molecule has 0 aliphatic carbocycles. The van der Waals surface area contributed by atoms with Crippen LogP contribution in [-0.4, -0.2) is 41.3 Å². The Bertz CT molecular complexity index is 650. The normalized spacial score (nSPS) is 15.3. The first-order valence-electron chi connectivity index (χ1n) is 7.61. The quantitative estimate of drug-likeness (QED) is 0.917. The summed E-state index contributed by atoms with van der Waals surface area (Å²) in [5.41, 5.74) is 1.01. The van der Waals surface area contributed by atoms with Gasteiger partial charge in [-0.05, 0) is 25.0 Å². The topological polar surface area (TPSA) is 62.3 Å². The molecule has 1 aromatic carbocycles. The zero-order chi connectivity index (χ0) is 15.4. The van der Waals surface area contributed by atoms with E-state index in [1.54, 1.807) is 16.2 Å². The van der Waals surface area contributed by atoms with Crippen molar-refractivity contribution in [2.75, 3.05) is 19.6 Å². The molecule has 2 aromatic rings. The number of carbonyl (C=O) groups is 2. The molecule has 2 amide bonds. The molecule has 3 rings (SSSR count). The van der Waals surface area contributed by atoms with Crippen LogP contribution in [0.3, 0.4) is 0 Å². The van der Waals surface area contributed by atoms with Gasteiger partial charge >= 0.3 is 0 Å². The van der Waals surface area contributed by atoms with Crippen LogP contribution in [0.4, 0.5) is 0 Å². The number of likely N-dealkylation sites (tertiary alicyclic amines) is 1. The lowest BCUT2D eigenvalue weighted by molar-refractivity contribution is -0.137. The number of hydrogen-bond donors (Lipinski definition) is 1. The number of aromatic nitrogens is 1. The highest BCUT2D eigenvalue weighted by atomic mass is 32.1. The molecule has 1 aromatic heterocycles. The zero-order valence-corrected chi connectivity index (χ0v) is 13.2. The molecule has 1 saturated heterocycles. The first-order chi connectivity index (χ1) is 10.7. The van der Waals surface area contributed by atoms with Crippen LogP contribution < -0.4 is 5.32 Å². The maximum Gasteiger partial charge on any atom is 0.239 e. The Kier molecular flexibility index (Phi) is 4.68. The number of hydrogen-bond acceptors (Lipinski definition) is 4. The van der Waals surface area contributed by atoms with Crippen LogP contribution in [0.1, 0.15) is 24.3 Å². The summed E-state index contributed by atoms with van der Waals surface area (Å²) in [7, 11) is 0. The Balaban J connectivity index is 1.46. The number of carbonyl (C=O) groups excluding carboxylic acids is 2. The third-order valence-electron chi connectivity index (χ3n) is 3.76. The average Bonchev–Trinajstić information content (AvgIpc) is 2.92. The van der Waals surface area contributed by atoms with E-state index in [0.717, 1.165) is 29.8 Å². The van der Waals surface area contributed by atoms with Gasteiger partial charge in [-0.1, -0.05) is 12.1 Å². The number of fused-ring (bicyclic) bond motifs is 1. The van der Waals surface area contributed by atoms with E-state index < -0.39 is 0 Å². The van der Waals surface area contributed by atoms with Crippen molar-refractivity contribution in [1.82, 2.24) is 15.2 Å². The number of nitrogens with one attached hydrogen (secondary N) is 1. The van der Waals surface area contributed by atoms with E-state index in [4.69, 9.17) is 0 Å². The second kappa shape index (κ2) is 6.87. The number of para-hydroxylation sites is 1. The van der Waals surface area contributed by atoms with Gasteiger partial charge in [0.2, 0.25) is 11.8 Å². The Morgan fingerprint density at radius 2 is 2.18 bits per heavy atom. The highest BCUT2D eigenvalue weighted by molar-refractivity contribution is 7.18. The zero-order valence-electron chi connectivity index (χ0n) is 12.4. The number of piperidine rings is 1. The summed E-state index contributed by atoms with van der Waals surface area (Å²) in [4.78, 5) is 29.7. The minimum absolute atomic E-state index is 0.0867. The number of thiazole rings is 1. The molecule has 116 valence electrons. The SMILES string of the molecule is O=C(CN1CCCCC1=O)NCCc1nc2ccccc2s1. The van der Waals surface area contributed by atoms with Gasteiger partial charge in [0.25, 0.3) is 0 Å². The van der Waals surface area contributed by atoms with Gasteiger partial charge in [-0.3, -0.25) is 9.59 Å². The third kappa shape index (κ3) is 3.62. The molecule has 5 nitrogen and oxygen atoms in total. The van der Waals surface area contributed by atoms with Crippen LogP contribution in [0, 0.1) is 0 Å². The average molecular weight is 317 g/mol. The number of benzene rings is 1. The number of nitrogens with zero attached hydrogens (tertiary/aromatic N) is 2. The van der Waals surface area contributed by atoms with E-state index in [0.29, 0.717) is 19.5 Å². The summed E-state index contributed by atoms with van der Waals surface area (Å²) in [5.74, 6) is 0.00364. The van der Waals surface area contributed by atoms with Crippen LogP contribution >= 0.6 is 11.3 Å². The van der Waals surface area contributed by atoms with Gasteiger partial charge in [-0.25, -0.2) is 4.98 Å². The first-order valence-corrected chi connectivity index (χ1v) is 8.43. The Hall–Kier alpha value is -1.95. The molecule has 22 heavy (non-hydrogen) atoms. The van der Waals surface area contributed by atoms with Crippen LogP contribution in [0.15, 0.2) is 24.3 Å². The van der Waals surface area contributed by atoms with Crippen molar-refractivity contribution in [3.8, 4) is 0 Å². The lowest BCUT2D eigenvalue weighted by Gasteiger charge is -2.25. The largest absolute Gasteiger partial charge is 0.354 e. The van der Waals surface area contributed by atoms with Gasteiger partial charge in [0.15, 0.2) is 0 Å². The number of rotatable bonds is 5. The standard InChI is InChI=1S/C16H19N3O2S/c20-14(11-19-10-4-3-7-16(19)21)17-9-8-15-18-12-5-1-2-6-13(12)22-15/h1-2,5-6H,3-4,7-11H2,(H,17,20). The molecule has 0 bridgehead atoms. The maximum absolute atomic E-state index is 11.9. The summed E-state index contributed by atoms with van der Waals surface area (Å²) in [6.45, 7) is 1.43. The fraction of sp³-hybridized carbons (Fsp3) is 0.438. The summed E-state index contributed by atoms with van der Waals surface area (Å²) in [6, 6.07) is 8.03. The Morgan fingerprint density at radius 1 is 1.32 bits per heavy atom. The van der Waals surface area contributed by atoms with Gasteiger partial charge in [0.1, 0.15) is 0 Å². The van der Waals surface area contributed by atoms with Crippen molar-refractivity contribution >= 4 is 33.4 Å². The van der Waals surface area contributed by atoms with Gasteiger partial charge in [0.05, 0.1) is 21.8 Å². The molecule has 0 spiro atoms. The smallest absolute Gasteiger partial charge is 0.239 e. The van der Waals surface area contributed by atoms with Crippen molar-refractivity contribution in [3.05, 3.63) is 29.3 Å². The molecular formula is C16H19N3O2S. The molecule has 1 aliphatic heterocycles. The highest BCUT2D eigenvalue weighted by Crippen LogP contribution is 2.21. The van der Waals surface area contributed by atoms with Gasteiger partial charge in [-0.2, -0.15) is 0 Å². The summed E-state index contributed by atoms with van der Waals surface area (Å²) in [5, 5.41) is 3.90. The molecule has 0 radical (unpaired) electrons. The van der Waals surface area contributed by atoms with Crippen LogP contribution in [-0.2, 0) is 16.0 Å². The molecule has 1 aliphatic rings. The van der Waals surface area contributed by atoms with Crippen LogP contribution in [0.5, 0.6) is 0 Å². The van der Waals surface area contributed by atoms with Crippen molar-refractivity contribution in [1.29, 1.82) is 0 Å². The van der Waals surface area contributed by atoms with Crippen LogP contribution in [0.25, 0.3) is 10.2 Å². The Labute approximate surface area is 133 Å². The van der Waals surface area contributed by atoms with Crippen molar-refractivity contribution in [2.45, 2.75) is 25.7 Å². The second-order valence-corrected chi connectivity index (χ2v) is 6.56. The van der Waals surface area contributed by atoms with Gasteiger partial charge in [0, 0.05) is 25.9 Å². The minimum Gasteiger partial charge on any atom is -0.354 e. The predicted octanol–water partition coefficient (Wildman–Crippen LogP) is 1.97. The Morgan fingerprint density at radius 3 is 3.00 bits per heavy atom. The first kappa shape index (κ1) is 15.0. The van der Waals surface area contributed by atoms with Crippen molar-refractivity contribution < 1.29 is 9.59 Å². The lowest BCUT2D eigenvalue weighted by atomic mass is 10.1. The van der Waals surface area contributed by atoms with E-state index in [-0.39, 0.29) is 18.4 Å². The summed E-state index contributed by atoms with van der Waals surface area (Å²) < 4.78 is 1.17. The number of amides is 2. The predicted molar refractivity (Wildman–Crippen MR) is 86.8 cm³/mol. The second-order valence-electron chi connectivity index (χ2n) is 5.45. The molecular weight excluding hydrogens is 298 g/mol. The van der Waals surface area contributed by atoms with Gasteiger partial charge in [-0.15, -0.1) is 11.3 Å². The van der Waals surface area contributed by atoms with Crippen molar-refractivity contribution in [3.63, 3.8) is 0 Å². The lowest BCUT2D eigenvalue weighted by Crippen LogP contribution is -2.43. The molecule has 0 atom stereocenters. The summed E-state index contributed by atoms with van der Waals surface area (Å²) in [6.07, 6.45) is 3.22. The summed E-state index contributed by atoms with van der Waals surface area (Å²) >= 11 is 1.66. The minimum atomic E-state index is -0.0867. The van der Waals surface area contributed by atoms with Gasteiger partial charge < -0.3 is 10.2 Å². The molecule has 2 heterocycles.